The first kappa shape index (κ1) is 14.3. The van der Waals surface area contributed by atoms with E-state index in [4.69, 9.17) is 4.74 Å². The zero-order chi connectivity index (χ0) is 13.2. The summed E-state index contributed by atoms with van der Waals surface area (Å²) in [7, 11) is 0. The van der Waals surface area contributed by atoms with E-state index in [-0.39, 0.29) is 6.09 Å². The van der Waals surface area contributed by atoms with Gasteiger partial charge in [0.25, 0.3) is 0 Å². The Morgan fingerprint density at radius 3 is 2.41 bits per heavy atom. The van der Waals surface area contributed by atoms with E-state index in [1.807, 2.05) is 20.8 Å². The fourth-order valence-corrected chi connectivity index (χ4v) is 2.09. The molecule has 1 aliphatic rings. The second kappa shape index (κ2) is 5.25. The summed E-state index contributed by atoms with van der Waals surface area (Å²) in [6, 6.07) is 0.823. The summed E-state index contributed by atoms with van der Waals surface area (Å²) in [4.78, 5) is 13.7. The monoisotopic (exact) mass is 242 g/mol. The van der Waals surface area contributed by atoms with Gasteiger partial charge in [-0.3, -0.25) is 0 Å². The Morgan fingerprint density at radius 2 is 1.94 bits per heavy atom. The normalized spacial score (nSPS) is 25.5. The quantitative estimate of drug-likeness (QED) is 0.807. The molecule has 0 aromatic rings. The van der Waals surface area contributed by atoms with Crippen molar-refractivity contribution >= 4 is 6.09 Å². The minimum atomic E-state index is -0.413. The Hall–Kier alpha value is -0.770. The van der Waals surface area contributed by atoms with E-state index in [1.165, 1.54) is 0 Å². The smallest absolute Gasteiger partial charge is 0.410 e. The number of carbonyl (C=O) groups excluding carboxylic acids is 1. The van der Waals surface area contributed by atoms with Crippen LogP contribution in [0.1, 0.15) is 41.5 Å². The largest absolute Gasteiger partial charge is 0.444 e. The van der Waals surface area contributed by atoms with Gasteiger partial charge >= 0.3 is 6.09 Å². The van der Waals surface area contributed by atoms with Gasteiger partial charge in [0.1, 0.15) is 5.60 Å². The maximum Gasteiger partial charge on any atom is 0.410 e. The van der Waals surface area contributed by atoms with E-state index < -0.39 is 5.60 Å². The van der Waals surface area contributed by atoms with E-state index in [0.29, 0.717) is 18.0 Å². The molecule has 1 heterocycles. The van der Waals surface area contributed by atoms with Gasteiger partial charge in [-0.25, -0.2) is 4.79 Å². The van der Waals surface area contributed by atoms with Crippen molar-refractivity contribution in [3.63, 3.8) is 0 Å². The average Bonchev–Trinajstić information content (AvgIpc) is 2.44. The predicted molar refractivity (Wildman–Crippen MR) is 69.0 cm³/mol. The van der Waals surface area contributed by atoms with E-state index in [1.54, 1.807) is 4.90 Å². The third-order valence-corrected chi connectivity index (χ3v) is 2.81. The number of amides is 1. The molecule has 1 aliphatic heterocycles. The van der Waals surface area contributed by atoms with Crippen LogP contribution in [0.15, 0.2) is 0 Å². The molecule has 1 amide bonds. The van der Waals surface area contributed by atoms with Gasteiger partial charge in [0.15, 0.2) is 0 Å². The first-order valence-electron chi connectivity index (χ1n) is 6.43. The second-order valence-electron chi connectivity index (χ2n) is 6.29. The van der Waals surface area contributed by atoms with Crippen molar-refractivity contribution < 1.29 is 9.53 Å². The molecule has 0 aromatic heterocycles. The molecule has 0 aliphatic carbocycles. The summed E-state index contributed by atoms with van der Waals surface area (Å²) in [5.41, 5.74) is -0.413. The third kappa shape index (κ3) is 4.54. The fourth-order valence-electron chi connectivity index (χ4n) is 2.09. The molecular weight excluding hydrogens is 216 g/mol. The highest BCUT2D eigenvalue weighted by molar-refractivity contribution is 5.68. The predicted octanol–water partition coefficient (Wildman–Crippen LogP) is 2.24. The molecule has 1 N–H and O–H groups in total. The number of ether oxygens (including phenoxy) is 1. The van der Waals surface area contributed by atoms with Gasteiger partial charge in [-0.15, -0.1) is 0 Å². The molecule has 4 heteroatoms. The van der Waals surface area contributed by atoms with Crippen LogP contribution in [0.2, 0.25) is 0 Å². The standard InChI is InChI=1S/C13H26N2O2/c1-9(2)14-11-8-15(7-10(11)3)12(16)17-13(4,5)6/h9-11,14H,7-8H2,1-6H3/t10-,11+/m0/s1. The molecule has 4 nitrogen and oxygen atoms in total. The Morgan fingerprint density at radius 1 is 1.35 bits per heavy atom. The topological polar surface area (TPSA) is 41.6 Å². The average molecular weight is 242 g/mol. The van der Waals surface area contributed by atoms with E-state index >= 15 is 0 Å². The van der Waals surface area contributed by atoms with Crippen molar-refractivity contribution in [3.8, 4) is 0 Å². The minimum Gasteiger partial charge on any atom is -0.444 e. The number of hydrogen-bond acceptors (Lipinski definition) is 3. The van der Waals surface area contributed by atoms with Crippen molar-refractivity contribution in [2.75, 3.05) is 13.1 Å². The van der Waals surface area contributed by atoms with Crippen LogP contribution in [-0.2, 0) is 4.74 Å². The summed E-state index contributed by atoms with van der Waals surface area (Å²) in [6.45, 7) is 13.6. The van der Waals surface area contributed by atoms with Crippen LogP contribution in [0.5, 0.6) is 0 Å². The highest BCUT2D eigenvalue weighted by Crippen LogP contribution is 2.19. The van der Waals surface area contributed by atoms with E-state index in [0.717, 1.165) is 13.1 Å². The lowest BCUT2D eigenvalue weighted by Gasteiger charge is -2.24. The van der Waals surface area contributed by atoms with Crippen LogP contribution in [-0.4, -0.2) is 41.8 Å². The van der Waals surface area contributed by atoms with Crippen molar-refractivity contribution in [1.82, 2.24) is 10.2 Å². The Kier molecular flexibility index (Phi) is 4.42. The SMILES string of the molecule is CC(C)N[C@@H]1CN(C(=O)OC(C)(C)C)C[C@@H]1C. The molecule has 2 atom stereocenters. The number of likely N-dealkylation sites (tertiary alicyclic amines) is 1. The summed E-state index contributed by atoms with van der Waals surface area (Å²) in [5, 5.41) is 3.49. The Bertz CT molecular complexity index is 271. The first-order valence-corrected chi connectivity index (χ1v) is 6.43. The maximum atomic E-state index is 11.9. The van der Waals surface area contributed by atoms with Crippen LogP contribution in [0.4, 0.5) is 4.79 Å². The second-order valence-corrected chi connectivity index (χ2v) is 6.29. The van der Waals surface area contributed by atoms with Gasteiger partial charge in [0, 0.05) is 25.2 Å². The van der Waals surface area contributed by atoms with Gasteiger partial charge in [0.2, 0.25) is 0 Å². The molecule has 0 aromatic carbocycles. The lowest BCUT2D eigenvalue weighted by molar-refractivity contribution is 0.0286. The molecule has 0 bridgehead atoms. The number of hydrogen-bond donors (Lipinski definition) is 1. The summed E-state index contributed by atoms with van der Waals surface area (Å²) in [5.74, 6) is 0.477. The highest BCUT2D eigenvalue weighted by atomic mass is 16.6. The van der Waals surface area contributed by atoms with Crippen molar-refractivity contribution in [3.05, 3.63) is 0 Å². The first-order chi connectivity index (χ1) is 7.69. The van der Waals surface area contributed by atoms with E-state index in [2.05, 4.69) is 26.1 Å². The van der Waals surface area contributed by atoms with Gasteiger partial charge < -0.3 is 15.0 Å². The molecule has 0 spiro atoms. The Balaban J connectivity index is 2.51. The van der Waals surface area contributed by atoms with Crippen molar-refractivity contribution in [2.24, 2.45) is 5.92 Å². The van der Waals surface area contributed by atoms with Crippen LogP contribution in [0.3, 0.4) is 0 Å². The number of nitrogens with one attached hydrogen (secondary N) is 1. The van der Waals surface area contributed by atoms with Crippen LogP contribution in [0, 0.1) is 5.92 Å². The van der Waals surface area contributed by atoms with Gasteiger partial charge in [-0.1, -0.05) is 20.8 Å². The van der Waals surface area contributed by atoms with Crippen LogP contribution >= 0.6 is 0 Å². The van der Waals surface area contributed by atoms with E-state index in [9.17, 15) is 4.79 Å². The highest BCUT2D eigenvalue weighted by Gasteiger charge is 2.34. The fraction of sp³-hybridized carbons (Fsp3) is 0.923. The maximum absolute atomic E-state index is 11.9. The van der Waals surface area contributed by atoms with Crippen LogP contribution in [0.25, 0.3) is 0 Å². The number of rotatable bonds is 2. The minimum absolute atomic E-state index is 0.197. The molecule has 0 unspecified atom stereocenters. The van der Waals surface area contributed by atoms with Crippen molar-refractivity contribution in [2.45, 2.75) is 59.2 Å². The lowest BCUT2D eigenvalue weighted by Crippen LogP contribution is -2.41. The Labute approximate surface area is 105 Å². The molecule has 1 rings (SSSR count). The summed E-state index contributed by atoms with van der Waals surface area (Å²) >= 11 is 0. The number of nitrogens with zero attached hydrogens (tertiary/aromatic N) is 1. The molecular formula is C13H26N2O2. The van der Waals surface area contributed by atoms with Gasteiger partial charge in [0.05, 0.1) is 0 Å². The van der Waals surface area contributed by atoms with Gasteiger partial charge in [-0.05, 0) is 26.7 Å². The number of carbonyl (C=O) groups is 1. The summed E-state index contributed by atoms with van der Waals surface area (Å²) < 4.78 is 5.38. The molecule has 0 saturated carbocycles. The van der Waals surface area contributed by atoms with Crippen LogP contribution < -0.4 is 5.32 Å². The molecule has 1 saturated heterocycles. The molecule has 17 heavy (non-hydrogen) atoms. The molecule has 0 radical (unpaired) electrons. The zero-order valence-electron chi connectivity index (χ0n) is 11.9. The van der Waals surface area contributed by atoms with Crippen molar-refractivity contribution in [1.29, 1.82) is 0 Å². The van der Waals surface area contributed by atoms with Gasteiger partial charge in [-0.2, -0.15) is 0 Å². The summed E-state index contributed by atoms with van der Waals surface area (Å²) in [6.07, 6.45) is -0.197. The third-order valence-electron chi connectivity index (χ3n) is 2.81. The molecule has 1 fully saturated rings. The zero-order valence-corrected chi connectivity index (χ0v) is 11.9. The lowest BCUT2D eigenvalue weighted by atomic mass is 10.1. The molecule has 100 valence electrons.